The lowest BCUT2D eigenvalue weighted by Gasteiger charge is -2.25. The lowest BCUT2D eigenvalue weighted by molar-refractivity contribution is -0.163. The highest BCUT2D eigenvalue weighted by Crippen LogP contribution is 2.22. The number of urea groups is 1. The molecule has 2 rings (SSSR count). The first kappa shape index (κ1) is 24.9. The van der Waals surface area contributed by atoms with Gasteiger partial charge in [-0.1, -0.05) is 11.6 Å². The van der Waals surface area contributed by atoms with E-state index in [0.29, 0.717) is 21.9 Å². The molecule has 0 radical (unpaired) electrons. The molecule has 0 spiro atoms. The summed E-state index contributed by atoms with van der Waals surface area (Å²) >= 11 is 5.84. The number of hydrogen-bond donors (Lipinski definition) is 3. The van der Waals surface area contributed by atoms with Gasteiger partial charge in [0.2, 0.25) is 0 Å². The van der Waals surface area contributed by atoms with E-state index in [-0.39, 0.29) is 11.9 Å². The summed E-state index contributed by atoms with van der Waals surface area (Å²) in [5.41, 5.74) is 5.42. The zero-order valence-corrected chi connectivity index (χ0v) is 17.9. The number of benzene rings is 2. The number of nitrogens with one attached hydrogen (secondary N) is 1. The van der Waals surface area contributed by atoms with Gasteiger partial charge in [-0.2, -0.15) is 0 Å². The molecule has 4 N–H and O–H groups in total. The number of nitrogens with two attached hydrogens (primary N) is 1. The van der Waals surface area contributed by atoms with Gasteiger partial charge in [-0.25, -0.2) is 15.1 Å². The number of amides is 2. The molecule has 0 heterocycles. The minimum atomic E-state index is -1.12. The molecule has 0 bridgehead atoms. The molecule has 30 heavy (non-hydrogen) atoms. The van der Waals surface area contributed by atoms with Crippen LogP contribution in [0.4, 0.5) is 4.79 Å². The topological polar surface area (TPSA) is 128 Å². The fourth-order valence-electron chi connectivity index (χ4n) is 2.13. The van der Waals surface area contributed by atoms with Gasteiger partial charge in [0.1, 0.15) is 5.75 Å². The Morgan fingerprint density at radius 3 is 1.83 bits per heavy atom. The molecule has 0 aromatic heterocycles. The number of ketones is 1. The minimum Gasteiger partial charge on any atom is -0.476 e. The van der Waals surface area contributed by atoms with Crippen LogP contribution >= 0.6 is 11.6 Å². The normalized spacial score (nSPS) is 10.5. The molecule has 0 aliphatic rings. The van der Waals surface area contributed by atoms with Gasteiger partial charge in [-0.3, -0.25) is 10.0 Å². The number of halogens is 1. The van der Waals surface area contributed by atoms with Gasteiger partial charge >= 0.3 is 12.0 Å². The van der Waals surface area contributed by atoms with Gasteiger partial charge < -0.3 is 15.2 Å². The lowest BCUT2D eigenvalue weighted by Crippen LogP contribution is -2.40. The average Bonchev–Trinajstić information content (AvgIpc) is 2.68. The molecule has 0 fully saturated rings. The molecule has 0 aliphatic carbocycles. The number of carbonyl (C=O) groups excluding carboxylic acids is 3. The quantitative estimate of drug-likeness (QED) is 0.274. The van der Waals surface area contributed by atoms with E-state index in [1.165, 1.54) is 5.48 Å². The van der Waals surface area contributed by atoms with Crippen molar-refractivity contribution in [1.29, 1.82) is 0 Å². The Hall–Kier alpha value is -3.10. The second-order valence-corrected chi connectivity index (χ2v) is 7.34. The van der Waals surface area contributed by atoms with E-state index in [0.717, 1.165) is 0 Å². The van der Waals surface area contributed by atoms with Crippen LogP contribution in [0.25, 0.3) is 0 Å². The number of hydroxylamine groups is 1. The van der Waals surface area contributed by atoms with E-state index in [2.05, 4.69) is 5.73 Å². The number of rotatable bonds is 6. The zero-order chi connectivity index (χ0) is 22.9. The van der Waals surface area contributed by atoms with Gasteiger partial charge in [-0.05, 0) is 76.2 Å². The Labute approximate surface area is 179 Å². The first-order chi connectivity index (χ1) is 14.0. The number of primary amides is 1. The van der Waals surface area contributed by atoms with Crippen LogP contribution in [0.1, 0.15) is 43.6 Å². The predicted octanol–water partition coefficient (Wildman–Crippen LogP) is 3.72. The van der Waals surface area contributed by atoms with Crippen LogP contribution < -0.4 is 16.0 Å². The van der Waals surface area contributed by atoms with Crippen LogP contribution in [0.5, 0.6) is 5.75 Å². The largest absolute Gasteiger partial charge is 0.476 e. The lowest BCUT2D eigenvalue weighted by atomic mass is 10.0. The van der Waals surface area contributed by atoms with Crippen molar-refractivity contribution in [2.75, 3.05) is 0 Å². The highest BCUT2D eigenvalue weighted by atomic mass is 35.5. The minimum absolute atomic E-state index is 0.110. The van der Waals surface area contributed by atoms with Gasteiger partial charge in [-0.15, -0.1) is 0 Å². The summed E-state index contributed by atoms with van der Waals surface area (Å²) in [5, 5.41) is 8.00. The molecule has 2 aromatic rings. The predicted molar refractivity (Wildman–Crippen MR) is 112 cm³/mol. The van der Waals surface area contributed by atoms with E-state index >= 15 is 0 Å². The van der Waals surface area contributed by atoms with Gasteiger partial charge in [0.05, 0.1) is 6.10 Å². The maximum atomic E-state index is 12.4. The molecule has 0 unspecified atom stereocenters. The van der Waals surface area contributed by atoms with Crippen LogP contribution in [0.15, 0.2) is 48.5 Å². The fourth-order valence-corrected chi connectivity index (χ4v) is 2.26. The van der Waals surface area contributed by atoms with Gasteiger partial charge in [0.15, 0.2) is 11.4 Å². The highest BCUT2D eigenvalue weighted by molar-refractivity contribution is 6.30. The molecule has 162 valence electrons. The smallest absolute Gasteiger partial charge is 0.350 e. The molecule has 9 heteroatoms. The summed E-state index contributed by atoms with van der Waals surface area (Å²) in [6.07, 6.45) is -0.213. The first-order valence-electron chi connectivity index (χ1n) is 8.96. The molecular formula is C21H25ClN2O6. The molecule has 8 nitrogen and oxygen atoms in total. The third-order valence-electron chi connectivity index (χ3n) is 3.54. The Kier molecular flexibility index (Phi) is 9.29. The van der Waals surface area contributed by atoms with E-state index in [9.17, 15) is 14.4 Å². The van der Waals surface area contributed by atoms with E-state index in [1.54, 1.807) is 76.2 Å². The first-order valence-corrected chi connectivity index (χ1v) is 9.34. The van der Waals surface area contributed by atoms with E-state index in [1.807, 2.05) is 0 Å². The molecule has 0 saturated carbocycles. The van der Waals surface area contributed by atoms with Crippen molar-refractivity contribution in [3.8, 4) is 5.75 Å². The summed E-state index contributed by atoms with van der Waals surface area (Å²) in [5.74, 6) is -0.0659. The maximum Gasteiger partial charge on any atom is 0.350 e. The molecule has 0 aliphatic heterocycles. The highest BCUT2D eigenvalue weighted by Gasteiger charge is 2.32. The molecular weight excluding hydrogens is 412 g/mol. The Bertz CT molecular complexity index is 864. The standard InChI is InChI=1S/C20H21ClO4.CH4N2O2/c1-13(2)24-19(23)20(3,4)25-17-11-7-15(8-12-17)18(22)14-5-9-16(21)10-6-14;2-1(4)3-5/h5-13H,1-4H3;5H,(H3,2,3,4). The van der Waals surface area contributed by atoms with E-state index < -0.39 is 17.6 Å². The molecule has 0 atom stereocenters. The molecule has 2 amide bonds. The monoisotopic (exact) mass is 436 g/mol. The molecule has 0 saturated heterocycles. The van der Waals surface area contributed by atoms with Crippen molar-refractivity contribution in [2.24, 2.45) is 5.73 Å². The van der Waals surface area contributed by atoms with Crippen molar-refractivity contribution in [3.05, 3.63) is 64.7 Å². The summed E-state index contributed by atoms with van der Waals surface area (Å²) in [6, 6.07) is 12.4. The summed E-state index contributed by atoms with van der Waals surface area (Å²) in [4.78, 5) is 33.7. The summed E-state index contributed by atoms with van der Waals surface area (Å²) in [7, 11) is 0. The van der Waals surface area contributed by atoms with Crippen molar-refractivity contribution >= 4 is 29.4 Å². The van der Waals surface area contributed by atoms with Crippen LogP contribution in [-0.4, -0.2) is 34.7 Å². The SMILES string of the molecule is CC(C)OC(=O)C(C)(C)Oc1ccc(C(=O)c2ccc(Cl)cc2)cc1.NC(=O)NO. The van der Waals surface area contributed by atoms with Gasteiger partial charge in [0, 0.05) is 16.1 Å². The Balaban J connectivity index is 0.000000804. The number of hydrogen-bond acceptors (Lipinski definition) is 6. The second kappa shape index (κ2) is 11.2. The average molecular weight is 437 g/mol. The van der Waals surface area contributed by atoms with Crippen LogP contribution in [0, 0.1) is 0 Å². The van der Waals surface area contributed by atoms with Crippen molar-refractivity contribution in [2.45, 2.75) is 39.4 Å². The fraction of sp³-hybridized carbons (Fsp3) is 0.286. The Morgan fingerprint density at radius 2 is 1.43 bits per heavy atom. The number of carbonyl (C=O) groups is 3. The summed E-state index contributed by atoms with van der Waals surface area (Å²) in [6.45, 7) is 6.85. The maximum absolute atomic E-state index is 12.4. The second-order valence-electron chi connectivity index (χ2n) is 6.90. The molecule has 2 aromatic carbocycles. The zero-order valence-electron chi connectivity index (χ0n) is 17.1. The Morgan fingerprint density at radius 1 is 1.00 bits per heavy atom. The van der Waals surface area contributed by atoms with Crippen LogP contribution in [-0.2, 0) is 9.53 Å². The van der Waals surface area contributed by atoms with Crippen molar-refractivity contribution in [3.63, 3.8) is 0 Å². The van der Waals surface area contributed by atoms with Crippen LogP contribution in [0.3, 0.4) is 0 Å². The van der Waals surface area contributed by atoms with E-state index in [4.69, 9.17) is 26.3 Å². The van der Waals surface area contributed by atoms with Gasteiger partial charge in [0.25, 0.3) is 0 Å². The number of esters is 1. The third-order valence-corrected chi connectivity index (χ3v) is 3.79. The number of ether oxygens (including phenoxy) is 2. The van der Waals surface area contributed by atoms with Crippen molar-refractivity contribution in [1.82, 2.24) is 5.48 Å². The van der Waals surface area contributed by atoms with Crippen molar-refractivity contribution < 1.29 is 29.1 Å². The third kappa shape index (κ3) is 8.10. The van der Waals surface area contributed by atoms with Crippen LogP contribution in [0.2, 0.25) is 5.02 Å². The summed E-state index contributed by atoms with van der Waals surface area (Å²) < 4.78 is 10.9.